The highest BCUT2D eigenvalue weighted by atomic mass is 32.2. The number of rotatable bonds is 5. The van der Waals surface area contributed by atoms with Crippen LogP contribution >= 0.6 is 0 Å². The highest BCUT2D eigenvalue weighted by molar-refractivity contribution is 7.92. The number of amides is 1. The Hall–Kier alpha value is -2.94. The van der Waals surface area contributed by atoms with Crippen molar-refractivity contribution in [2.24, 2.45) is 0 Å². The van der Waals surface area contributed by atoms with Gasteiger partial charge in [-0.1, -0.05) is 0 Å². The van der Waals surface area contributed by atoms with E-state index in [9.17, 15) is 13.2 Å². The first kappa shape index (κ1) is 17.9. The molecular formula is C17H18N2O6S. The van der Waals surface area contributed by atoms with Gasteiger partial charge < -0.3 is 19.5 Å². The minimum atomic E-state index is -3.87. The zero-order valence-electron chi connectivity index (χ0n) is 14.5. The van der Waals surface area contributed by atoms with E-state index >= 15 is 0 Å². The lowest BCUT2D eigenvalue weighted by Gasteiger charge is -2.23. The van der Waals surface area contributed by atoms with Crippen LogP contribution in [0.4, 0.5) is 11.4 Å². The number of carbonyl (C=O) groups is 1. The van der Waals surface area contributed by atoms with Crippen LogP contribution in [0.3, 0.4) is 0 Å². The topological polar surface area (TPSA) is 94.2 Å². The van der Waals surface area contributed by atoms with E-state index in [0.29, 0.717) is 28.6 Å². The first-order chi connectivity index (χ1) is 12.4. The summed E-state index contributed by atoms with van der Waals surface area (Å²) in [6.07, 6.45) is 0. The third kappa shape index (κ3) is 3.13. The minimum Gasteiger partial charge on any atom is -0.497 e. The van der Waals surface area contributed by atoms with Gasteiger partial charge in [-0.25, -0.2) is 8.42 Å². The van der Waals surface area contributed by atoms with Crippen LogP contribution < -0.4 is 23.8 Å². The van der Waals surface area contributed by atoms with E-state index in [1.807, 2.05) is 0 Å². The van der Waals surface area contributed by atoms with E-state index in [2.05, 4.69) is 5.32 Å². The number of nitrogens with one attached hydrogen (secondary N) is 1. The maximum absolute atomic E-state index is 13.0. The molecule has 2 aromatic rings. The maximum atomic E-state index is 13.0. The number of hydrogen-bond acceptors (Lipinski definition) is 6. The van der Waals surface area contributed by atoms with Crippen molar-refractivity contribution in [2.45, 2.75) is 4.90 Å². The molecule has 0 atom stereocenters. The summed E-state index contributed by atoms with van der Waals surface area (Å²) in [6, 6.07) is 9.15. The molecule has 1 aliphatic rings. The molecule has 1 amide bonds. The molecule has 0 aromatic heterocycles. The molecule has 1 heterocycles. The number of nitrogens with zero attached hydrogens (tertiary/aromatic N) is 1. The Kier molecular flexibility index (Phi) is 4.64. The van der Waals surface area contributed by atoms with Gasteiger partial charge in [0, 0.05) is 19.2 Å². The predicted molar refractivity (Wildman–Crippen MR) is 95.7 cm³/mol. The van der Waals surface area contributed by atoms with Gasteiger partial charge in [-0.15, -0.1) is 0 Å². The molecule has 2 aromatic carbocycles. The van der Waals surface area contributed by atoms with Gasteiger partial charge in [-0.05, 0) is 24.3 Å². The molecule has 138 valence electrons. The molecular weight excluding hydrogens is 360 g/mol. The maximum Gasteiger partial charge on any atom is 0.264 e. The number of hydrogen-bond donors (Lipinski definition) is 1. The van der Waals surface area contributed by atoms with Crippen molar-refractivity contribution in [3.8, 4) is 17.2 Å². The van der Waals surface area contributed by atoms with Crippen LogP contribution in [0.1, 0.15) is 0 Å². The molecule has 26 heavy (non-hydrogen) atoms. The fraction of sp³-hybridized carbons (Fsp3) is 0.235. The molecule has 0 aliphatic carbocycles. The van der Waals surface area contributed by atoms with Crippen LogP contribution in [0, 0.1) is 0 Å². The summed E-state index contributed by atoms with van der Waals surface area (Å²) in [6.45, 7) is -0.154. The van der Waals surface area contributed by atoms with E-state index in [4.69, 9.17) is 14.2 Å². The van der Waals surface area contributed by atoms with E-state index in [1.165, 1.54) is 39.5 Å². The van der Waals surface area contributed by atoms with Gasteiger partial charge in [0.1, 0.15) is 17.2 Å². The predicted octanol–water partition coefficient (Wildman–Crippen LogP) is 1.86. The third-order valence-corrected chi connectivity index (χ3v) is 5.74. The van der Waals surface area contributed by atoms with Crippen molar-refractivity contribution in [3.05, 3.63) is 36.4 Å². The van der Waals surface area contributed by atoms with Crippen molar-refractivity contribution >= 4 is 27.3 Å². The molecule has 1 aliphatic heterocycles. The van der Waals surface area contributed by atoms with Crippen molar-refractivity contribution in [1.29, 1.82) is 0 Å². The molecule has 0 radical (unpaired) electrons. The van der Waals surface area contributed by atoms with Gasteiger partial charge in [0.25, 0.3) is 15.9 Å². The standard InChI is InChI=1S/C17H18N2O6S/c1-19(14-7-4-11(23-2)8-16(14)24-3)26(21,22)12-5-6-13-15(9-12)25-10-17(20)18-13/h4-9H,10H2,1-3H3,(H,18,20). The molecule has 1 N–H and O–H groups in total. The average molecular weight is 378 g/mol. The molecule has 0 bridgehead atoms. The highest BCUT2D eigenvalue weighted by Crippen LogP contribution is 2.36. The molecule has 0 fully saturated rings. The van der Waals surface area contributed by atoms with Gasteiger partial charge in [0.2, 0.25) is 0 Å². The van der Waals surface area contributed by atoms with Gasteiger partial charge in [0.15, 0.2) is 6.61 Å². The summed E-state index contributed by atoms with van der Waals surface area (Å²) in [4.78, 5) is 11.4. The first-order valence-corrected chi connectivity index (χ1v) is 9.08. The van der Waals surface area contributed by atoms with Crippen LogP contribution in [0.2, 0.25) is 0 Å². The summed E-state index contributed by atoms with van der Waals surface area (Å²) in [5.74, 6) is 0.931. The van der Waals surface area contributed by atoms with Crippen LogP contribution in [-0.4, -0.2) is 42.2 Å². The number of fused-ring (bicyclic) bond motifs is 1. The molecule has 0 saturated heterocycles. The van der Waals surface area contributed by atoms with Crippen LogP contribution in [0.15, 0.2) is 41.3 Å². The van der Waals surface area contributed by atoms with E-state index in [0.717, 1.165) is 4.31 Å². The fourth-order valence-corrected chi connectivity index (χ4v) is 3.77. The summed E-state index contributed by atoms with van der Waals surface area (Å²) < 4.78 is 42.8. The number of carbonyl (C=O) groups excluding carboxylic acids is 1. The summed E-state index contributed by atoms with van der Waals surface area (Å²) in [5, 5.41) is 2.62. The van der Waals surface area contributed by atoms with Crippen molar-refractivity contribution < 1.29 is 27.4 Å². The Morgan fingerprint density at radius 1 is 1.12 bits per heavy atom. The van der Waals surface area contributed by atoms with E-state index < -0.39 is 10.0 Å². The Morgan fingerprint density at radius 3 is 2.58 bits per heavy atom. The van der Waals surface area contributed by atoms with Gasteiger partial charge in [0.05, 0.1) is 30.5 Å². The number of methoxy groups -OCH3 is 2. The van der Waals surface area contributed by atoms with Crippen molar-refractivity contribution in [1.82, 2.24) is 0 Å². The normalized spacial score (nSPS) is 13.3. The minimum absolute atomic E-state index is 0.0350. The second kappa shape index (κ2) is 6.75. The number of ether oxygens (including phenoxy) is 3. The van der Waals surface area contributed by atoms with Gasteiger partial charge in [-0.3, -0.25) is 9.10 Å². The monoisotopic (exact) mass is 378 g/mol. The van der Waals surface area contributed by atoms with Crippen molar-refractivity contribution in [3.63, 3.8) is 0 Å². The quantitative estimate of drug-likeness (QED) is 0.853. The van der Waals surface area contributed by atoms with Gasteiger partial charge in [-0.2, -0.15) is 0 Å². The molecule has 0 spiro atoms. The lowest BCUT2D eigenvalue weighted by molar-refractivity contribution is -0.118. The number of benzene rings is 2. The number of anilines is 2. The Bertz CT molecular complexity index is 958. The molecule has 0 unspecified atom stereocenters. The molecule has 8 nitrogen and oxygen atoms in total. The Labute approximate surface area is 151 Å². The molecule has 9 heteroatoms. The van der Waals surface area contributed by atoms with E-state index in [-0.39, 0.29) is 17.4 Å². The third-order valence-electron chi connectivity index (χ3n) is 3.97. The SMILES string of the molecule is COc1ccc(N(C)S(=O)(=O)c2ccc3c(c2)OCC(=O)N3)c(OC)c1. The Morgan fingerprint density at radius 2 is 1.88 bits per heavy atom. The fourth-order valence-electron chi connectivity index (χ4n) is 2.55. The van der Waals surface area contributed by atoms with Gasteiger partial charge >= 0.3 is 0 Å². The van der Waals surface area contributed by atoms with Crippen LogP contribution in [0.25, 0.3) is 0 Å². The second-order valence-corrected chi connectivity index (χ2v) is 7.47. The van der Waals surface area contributed by atoms with Crippen LogP contribution in [0.5, 0.6) is 17.2 Å². The first-order valence-electron chi connectivity index (χ1n) is 7.64. The average Bonchev–Trinajstić information content (AvgIpc) is 2.66. The summed E-state index contributed by atoms with van der Waals surface area (Å²) in [5.41, 5.74) is 0.796. The highest BCUT2D eigenvalue weighted by Gasteiger charge is 2.26. The lowest BCUT2D eigenvalue weighted by atomic mass is 10.2. The largest absolute Gasteiger partial charge is 0.497 e. The van der Waals surface area contributed by atoms with Crippen molar-refractivity contribution in [2.75, 3.05) is 37.5 Å². The zero-order chi connectivity index (χ0) is 18.9. The zero-order valence-corrected chi connectivity index (χ0v) is 15.3. The lowest BCUT2D eigenvalue weighted by Crippen LogP contribution is -2.28. The molecule has 0 saturated carbocycles. The van der Waals surface area contributed by atoms with Crippen LogP contribution in [-0.2, 0) is 14.8 Å². The summed E-state index contributed by atoms with van der Waals surface area (Å²) in [7, 11) is 0.528. The molecule has 3 rings (SSSR count). The Balaban J connectivity index is 1.99. The number of sulfonamides is 1. The van der Waals surface area contributed by atoms with E-state index in [1.54, 1.807) is 18.2 Å². The second-order valence-electron chi connectivity index (χ2n) is 5.51. The summed E-state index contributed by atoms with van der Waals surface area (Å²) >= 11 is 0. The smallest absolute Gasteiger partial charge is 0.264 e.